The minimum atomic E-state index is -0.592. The molecule has 0 fully saturated rings. The van der Waals surface area contributed by atoms with Crippen LogP contribution in [0.25, 0.3) is 10.2 Å². The zero-order valence-corrected chi connectivity index (χ0v) is 14.1. The number of nitrogens with one attached hydrogen (secondary N) is 3. The highest BCUT2D eigenvalue weighted by Gasteiger charge is 2.26. The molecular weight excluding hydrogens is 346 g/mol. The Labute approximate surface area is 147 Å². The molecule has 1 atom stereocenters. The summed E-state index contributed by atoms with van der Waals surface area (Å²) in [7, 11) is 0. The number of fused-ring (bicyclic) bond motifs is 2. The van der Waals surface area contributed by atoms with E-state index < -0.39 is 6.04 Å². The molecule has 24 heavy (non-hydrogen) atoms. The van der Waals surface area contributed by atoms with Crippen LogP contribution < -0.4 is 10.6 Å². The Morgan fingerprint density at radius 2 is 2.04 bits per heavy atom. The van der Waals surface area contributed by atoms with Gasteiger partial charge in [0.15, 0.2) is 0 Å². The SMILES string of the molecule is O=C(NC1Cc2ccccc2CNC1=O)c1cc2cc(Cl)sc2[nH]1. The maximum atomic E-state index is 12.5. The van der Waals surface area contributed by atoms with Crippen molar-refractivity contribution >= 4 is 45.0 Å². The van der Waals surface area contributed by atoms with E-state index in [0.29, 0.717) is 23.0 Å². The molecule has 3 aromatic rings. The minimum absolute atomic E-state index is 0.170. The first-order chi connectivity index (χ1) is 11.6. The summed E-state index contributed by atoms with van der Waals surface area (Å²) >= 11 is 7.32. The van der Waals surface area contributed by atoms with E-state index in [1.54, 1.807) is 6.07 Å². The van der Waals surface area contributed by atoms with Crippen LogP contribution in [0.5, 0.6) is 0 Å². The van der Waals surface area contributed by atoms with E-state index in [-0.39, 0.29) is 11.8 Å². The van der Waals surface area contributed by atoms with Crippen LogP contribution in [0.3, 0.4) is 0 Å². The molecule has 4 rings (SSSR count). The van der Waals surface area contributed by atoms with Crippen LogP contribution in [-0.2, 0) is 17.8 Å². The molecule has 7 heteroatoms. The minimum Gasteiger partial charge on any atom is -0.350 e. The predicted octanol–water partition coefficient (Wildman–Crippen LogP) is 2.85. The first-order valence-electron chi connectivity index (χ1n) is 7.53. The fourth-order valence-electron chi connectivity index (χ4n) is 2.91. The van der Waals surface area contributed by atoms with E-state index in [9.17, 15) is 9.59 Å². The summed E-state index contributed by atoms with van der Waals surface area (Å²) < 4.78 is 0.669. The third-order valence-corrected chi connectivity index (χ3v) is 5.34. The monoisotopic (exact) mass is 359 g/mol. The summed E-state index contributed by atoms with van der Waals surface area (Å²) in [6, 6.07) is 10.8. The van der Waals surface area contributed by atoms with Crippen LogP contribution in [0.2, 0.25) is 4.34 Å². The van der Waals surface area contributed by atoms with E-state index in [0.717, 1.165) is 21.3 Å². The summed E-state index contributed by atoms with van der Waals surface area (Å²) in [5.41, 5.74) is 2.58. The molecule has 1 aliphatic heterocycles. The van der Waals surface area contributed by atoms with Crippen molar-refractivity contribution in [3.8, 4) is 0 Å². The van der Waals surface area contributed by atoms with Crippen molar-refractivity contribution in [1.29, 1.82) is 0 Å². The third kappa shape index (κ3) is 2.79. The van der Waals surface area contributed by atoms with Gasteiger partial charge in [0.05, 0.1) is 4.34 Å². The molecule has 0 saturated carbocycles. The third-order valence-electron chi connectivity index (χ3n) is 4.14. The molecule has 1 aliphatic rings. The number of thiophene rings is 1. The Kier molecular flexibility index (Phi) is 3.78. The van der Waals surface area contributed by atoms with Gasteiger partial charge in [-0.1, -0.05) is 35.9 Å². The van der Waals surface area contributed by atoms with Crippen molar-refractivity contribution < 1.29 is 9.59 Å². The van der Waals surface area contributed by atoms with Crippen LogP contribution in [0.15, 0.2) is 36.4 Å². The molecule has 5 nitrogen and oxygen atoms in total. The normalized spacial score (nSPS) is 17.2. The number of benzene rings is 1. The molecule has 3 heterocycles. The molecule has 2 amide bonds. The molecule has 0 aliphatic carbocycles. The number of amides is 2. The average Bonchev–Trinajstić information content (AvgIpc) is 3.05. The number of hydrogen-bond donors (Lipinski definition) is 3. The zero-order chi connectivity index (χ0) is 16.7. The first-order valence-corrected chi connectivity index (χ1v) is 8.73. The van der Waals surface area contributed by atoms with Crippen molar-refractivity contribution in [2.45, 2.75) is 19.0 Å². The maximum absolute atomic E-state index is 12.5. The lowest BCUT2D eigenvalue weighted by Gasteiger charge is -2.15. The topological polar surface area (TPSA) is 74.0 Å². The van der Waals surface area contributed by atoms with E-state index in [1.807, 2.05) is 30.3 Å². The highest BCUT2D eigenvalue weighted by atomic mass is 35.5. The summed E-state index contributed by atoms with van der Waals surface area (Å²) in [5, 5.41) is 6.57. The lowest BCUT2D eigenvalue weighted by Crippen LogP contribution is -2.46. The Hall–Kier alpha value is -2.31. The number of carbonyl (C=O) groups is 2. The van der Waals surface area contributed by atoms with E-state index >= 15 is 0 Å². The first kappa shape index (κ1) is 15.2. The van der Waals surface area contributed by atoms with Gasteiger partial charge in [-0.25, -0.2) is 0 Å². The second-order valence-electron chi connectivity index (χ2n) is 5.73. The van der Waals surface area contributed by atoms with Crippen LogP contribution in [0, 0.1) is 0 Å². The van der Waals surface area contributed by atoms with Gasteiger partial charge in [-0.15, -0.1) is 11.3 Å². The summed E-state index contributed by atoms with van der Waals surface area (Å²) in [4.78, 5) is 28.6. The second-order valence-corrected chi connectivity index (χ2v) is 7.42. The van der Waals surface area contributed by atoms with Gasteiger partial charge in [-0.2, -0.15) is 0 Å². The molecule has 0 spiro atoms. The van der Waals surface area contributed by atoms with Crippen LogP contribution >= 0.6 is 22.9 Å². The van der Waals surface area contributed by atoms with Gasteiger partial charge in [-0.3, -0.25) is 9.59 Å². The molecule has 0 radical (unpaired) electrons. The van der Waals surface area contributed by atoms with Gasteiger partial charge in [0, 0.05) is 18.4 Å². The second kappa shape index (κ2) is 5.96. The van der Waals surface area contributed by atoms with Crippen LogP contribution in [0.4, 0.5) is 0 Å². The average molecular weight is 360 g/mol. The van der Waals surface area contributed by atoms with E-state index in [1.165, 1.54) is 11.3 Å². The summed E-state index contributed by atoms with van der Waals surface area (Å²) in [5.74, 6) is -0.468. The smallest absolute Gasteiger partial charge is 0.268 e. The quantitative estimate of drug-likeness (QED) is 0.658. The van der Waals surface area contributed by atoms with E-state index in [2.05, 4.69) is 15.6 Å². The molecule has 1 aromatic carbocycles. The van der Waals surface area contributed by atoms with Crippen molar-refractivity contribution in [3.05, 3.63) is 57.6 Å². The van der Waals surface area contributed by atoms with Gasteiger partial charge in [0.1, 0.15) is 16.6 Å². The number of carbonyl (C=O) groups excluding carboxylic acids is 2. The zero-order valence-electron chi connectivity index (χ0n) is 12.6. The standard InChI is InChI=1S/C17H14ClN3O2S/c18-14-7-11-6-13(21-17(11)24-14)16(23)20-12-5-9-3-1-2-4-10(9)8-19-15(12)22/h1-4,6-7,12,21H,5,8H2,(H,19,22)(H,20,23). The van der Waals surface area contributed by atoms with Crippen molar-refractivity contribution in [3.63, 3.8) is 0 Å². The molecule has 3 N–H and O–H groups in total. The fraction of sp³-hybridized carbons (Fsp3) is 0.176. The van der Waals surface area contributed by atoms with Gasteiger partial charge in [0.2, 0.25) is 5.91 Å². The largest absolute Gasteiger partial charge is 0.350 e. The molecule has 122 valence electrons. The Balaban J connectivity index is 1.55. The number of rotatable bonds is 2. The molecule has 0 bridgehead atoms. The van der Waals surface area contributed by atoms with Crippen LogP contribution in [-0.4, -0.2) is 22.8 Å². The lowest BCUT2D eigenvalue weighted by molar-refractivity contribution is -0.122. The molecular formula is C17H14ClN3O2S. The predicted molar refractivity (Wildman–Crippen MR) is 94.4 cm³/mol. The van der Waals surface area contributed by atoms with Gasteiger partial charge >= 0.3 is 0 Å². The Morgan fingerprint density at radius 3 is 2.83 bits per heavy atom. The van der Waals surface area contributed by atoms with Crippen molar-refractivity contribution in [2.75, 3.05) is 0 Å². The molecule has 2 aromatic heterocycles. The molecule has 1 unspecified atom stereocenters. The fourth-order valence-corrected chi connectivity index (χ4v) is 4.04. The maximum Gasteiger partial charge on any atom is 0.268 e. The van der Waals surface area contributed by atoms with E-state index in [4.69, 9.17) is 11.6 Å². The van der Waals surface area contributed by atoms with Gasteiger partial charge in [0.25, 0.3) is 5.91 Å². The van der Waals surface area contributed by atoms with Crippen molar-refractivity contribution in [1.82, 2.24) is 15.6 Å². The van der Waals surface area contributed by atoms with Gasteiger partial charge in [-0.05, 0) is 23.3 Å². The molecule has 0 saturated heterocycles. The van der Waals surface area contributed by atoms with Gasteiger partial charge < -0.3 is 15.6 Å². The number of H-pyrrole nitrogens is 1. The number of halogens is 1. The Bertz CT molecular complexity index is 915. The number of aromatic nitrogens is 1. The highest BCUT2D eigenvalue weighted by Crippen LogP contribution is 2.29. The van der Waals surface area contributed by atoms with Crippen molar-refractivity contribution in [2.24, 2.45) is 0 Å². The highest BCUT2D eigenvalue weighted by molar-refractivity contribution is 7.22. The summed E-state index contributed by atoms with van der Waals surface area (Å²) in [6.45, 7) is 0.484. The van der Waals surface area contributed by atoms with Crippen LogP contribution in [0.1, 0.15) is 21.6 Å². The Morgan fingerprint density at radius 1 is 1.25 bits per heavy atom. The number of hydrogen-bond acceptors (Lipinski definition) is 3. The lowest BCUT2D eigenvalue weighted by atomic mass is 10.0. The number of aromatic amines is 1. The summed E-state index contributed by atoms with van der Waals surface area (Å²) in [6.07, 6.45) is 0.481.